The molecule has 4 nitrogen and oxygen atoms in total. The summed E-state index contributed by atoms with van der Waals surface area (Å²) in [6.07, 6.45) is 0.822. The van der Waals surface area contributed by atoms with Crippen LogP contribution in [0.5, 0.6) is 0 Å². The molecule has 0 spiro atoms. The molecular weight excluding hydrogens is 245 g/mol. The maximum Gasteiger partial charge on any atom is 0.266 e. The Balaban J connectivity index is 2.33. The summed E-state index contributed by atoms with van der Waals surface area (Å²) in [7, 11) is 0. The van der Waals surface area contributed by atoms with E-state index in [1.807, 2.05) is 6.92 Å². The third-order valence-corrected chi connectivity index (χ3v) is 2.87. The molecule has 2 aromatic rings. The van der Waals surface area contributed by atoms with Gasteiger partial charge in [-0.15, -0.1) is 0 Å². The molecule has 0 saturated heterocycles. The van der Waals surface area contributed by atoms with E-state index in [0.29, 0.717) is 12.2 Å². The lowest BCUT2D eigenvalue weighted by molar-refractivity contribution is 0.548. The van der Waals surface area contributed by atoms with Crippen LogP contribution in [0.15, 0.2) is 41.2 Å². The molecule has 1 heterocycles. The smallest absolute Gasteiger partial charge is 0.266 e. The van der Waals surface area contributed by atoms with Crippen LogP contribution in [0.1, 0.15) is 30.6 Å². The van der Waals surface area contributed by atoms with E-state index in [1.54, 1.807) is 18.2 Å². The Morgan fingerprint density at radius 3 is 2.58 bits per heavy atom. The lowest BCUT2D eigenvalue weighted by atomic mass is 10.0. The summed E-state index contributed by atoms with van der Waals surface area (Å²) in [6, 6.07) is 8.57. The van der Waals surface area contributed by atoms with Crippen LogP contribution in [0.2, 0.25) is 0 Å². The molecule has 0 saturated carbocycles. The maximum atomic E-state index is 12.9. The van der Waals surface area contributed by atoms with E-state index in [4.69, 9.17) is 5.73 Å². The number of rotatable bonds is 4. The van der Waals surface area contributed by atoms with Crippen molar-refractivity contribution < 1.29 is 4.39 Å². The highest BCUT2D eigenvalue weighted by Gasteiger charge is 2.12. The topological polar surface area (TPSA) is 60.9 Å². The zero-order valence-electron chi connectivity index (χ0n) is 10.7. The van der Waals surface area contributed by atoms with Gasteiger partial charge in [-0.3, -0.25) is 4.79 Å². The van der Waals surface area contributed by atoms with E-state index in [1.165, 1.54) is 22.9 Å². The third kappa shape index (κ3) is 3.06. The fourth-order valence-electron chi connectivity index (χ4n) is 1.84. The van der Waals surface area contributed by atoms with Crippen molar-refractivity contribution in [2.75, 3.05) is 0 Å². The minimum atomic E-state index is -0.468. The first-order valence-corrected chi connectivity index (χ1v) is 6.21. The van der Waals surface area contributed by atoms with E-state index >= 15 is 0 Å². The molecule has 0 aliphatic rings. The van der Waals surface area contributed by atoms with Gasteiger partial charge < -0.3 is 5.73 Å². The van der Waals surface area contributed by atoms with Crippen molar-refractivity contribution in [1.29, 1.82) is 0 Å². The van der Waals surface area contributed by atoms with Gasteiger partial charge in [0.15, 0.2) is 0 Å². The van der Waals surface area contributed by atoms with Crippen LogP contribution in [0.4, 0.5) is 4.39 Å². The number of hydrogen-bond acceptors (Lipinski definition) is 3. The molecule has 1 unspecified atom stereocenters. The number of aryl methyl sites for hydroxylation is 1. The zero-order chi connectivity index (χ0) is 13.8. The van der Waals surface area contributed by atoms with Crippen molar-refractivity contribution in [2.45, 2.75) is 25.9 Å². The molecule has 0 radical (unpaired) electrons. The Bertz CT molecular complexity index is 607. The molecular formula is C14H16FN3O. The minimum absolute atomic E-state index is 0.142. The van der Waals surface area contributed by atoms with Crippen LogP contribution in [0.3, 0.4) is 0 Å². The molecule has 0 aliphatic carbocycles. The number of hydrogen-bond donors (Lipinski definition) is 1. The summed E-state index contributed by atoms with van der Waals surface area (Å²) in [6.45, 7) is 2.53. The van der Waals surface area contributed by atoms with E-state index in [9.17, 15) is 9.18 Å². The maximum absolute atomic E-state index is 12.9. The molecule has 100 valence electrons. The zero-order valence-corrected chi connectivity index (χ0v) is 10.7. The van der Waals surface area contributed by atoms with E-state index in [-0.39, 0.29) is 11.4 Å². The van der Waals surface area contributed by atoms with Gasteiger partial charge in [-0.2, -0.15) is 5.10 Å². The molecule has 2 N–H and O–H groups in total. The molecule has 0 fully saturated rings. The van der Waals surface area contributed by atoms with Crippen LogP contribution in [-0.2, 0) is 6.54 Å². The van der Waals surface area contributed by atoms with Crippen molar-refractivity contribution >= 4 is 0 Å². The summed E-state index contributed by atoms with van der Waals surface area (Å²) >= 11 is 0. The number of benzene rings is 1. The van der Waals surface area contributed by atoms with Crippen molar-refractivity contribution in [3.63, 3.8) is 0 Å². The normalized spacial score (nSPS) is 12.4. The van der Waals surface area contributed by atoms with Crippen molar-refractivity contribution in [2.24, 2.45) is 5.73 Å². The molecule has 0 amide bonds. The third-order valence-electron chi connectivity index (χ3n) is 2.87. The highest BCUT2D eigenvalue weighted by atomic mass is 19.1. The minimum Gasteiger partial charge on any atom is -0.319 e. The van der Waals surface area contributed by atoms with Crippen LogP contribution >= 0.6 is 0 Å². The number of aromatic nitrogens is 2. The van der Waals surface area contributed by atoms with E-state index < -0.39 is 6.04 Å². The number of nitrogens with zero attached hydrogens (tertiary/aromatic N) is 2. The Morgan fingerprint density at radius 1 is 1.26 bits per heavy atom. The fourth-order valence-corrected chi connectivity index (χ4v) is 1.84. The van der Waals surface area contributed by atoms with Gasteiger partial charge in [0.2, 0.25) is 0 Å². The van der Waals surface area contributed by atoms with Crippen molar-refractivity contribution in [1.82, 2.24) is 9.78 Å². The van der Waals surface area contributed by atoms with Crippen molar-refractivity contribution in [3.8, 4) is 0 Å². The van der Waals surface area contributed by atoms with E-state index in [2.05, 4.69) is 5.10 Å². The predicted molar refractivity (Wildman–Crippen MR) is 71.2 cm³/mol. The summed E-state index contributed by atoms with van der Waals surface area (Å²) in [5, 5.41) is 4.25. The van der Waals surface area contributed by atoms with Gasteiger partial charge >= 0.3 is 0 Å². The highest BCUT2D eigenvalue weighted by molar-refractivity contribution is 5.26. The Labute approximate surface area is 110 Å². The van der Waals surface area contributed by atoms with Gasteiger partial charge in [-0.25, -0.2) is 9.07 Å². The lowest BCUT2D eigenvalue weighted by Crippen LogP contribution is -2.25. The highest BCUT2D eigenvalue weighted by Crippen LogP contribution is 2.17. The second-order valence-electron chi connectivity index (χ2n) is 4.35. The van der Waals surface area contributed by atoms with Crippen LogP contribution in [-0.4, -0.2) is 9.78 Å². The molecule has 19 heavy (non-hydrogen) atoms. The van der Waals surface area contributed by atoms with Gasteiger partial charge in [0.25, 0.3) is 5.56 Å². The first kappa shape index (κ1) is 13.4. The second-order valence-corrected chi connectivity index (χ2v) is 4.35. The summed E-state index contributed by atoms with van der Waals surface area (Å²) in [5.41, 5.74) is 7.30. The summed E-state index contributed by atoms with van der Waals surface area (Å²) in [5.74, 6) is -0.306. The molecule has 0 aliphatic heterocycles. The summed E-state index contributed by atoms with van der Waals surface area (Å²) in [4.78, 5) is 11.6. The first-order chi connectivity index (χ1) is 9.11. The van der Waals surface area contributed by atoms with E-state index in [0.717, 1.165) is 12.0 Å². The van der Waals surface area contributed by atoms with Gasteiger partial charge in [-0.05, 0) is 30.2 Å². The SMILES string of the molecule is CCCn1nc(C(N)c2ccc(F)cc2)ccc1=O. The molecule has 1 aromatic heterocycles. The van der Waals surface area contributed by atoms with Gasteiger partial charge in [0.1, 0.15) is 5.82 Å². The summed E-state index contributed by atoms with van der Waals surface area (Å²) < 4.78 is 14.3. The predicted octanol–water partition coefficient (Wildman–Crippen LogP) is 1.84. The molecule has 5 heteroatoms. The molecule has 0 bridgehead atoms. The quantitative estimate of drug-likeness (QED) is 0.913. The number of nitrogens with two attached hydrogens (primary N) is 1. The largest absolute Gasteiger partial charge is 0.319 e. The van der Waals surface area contributed by atoms with Crippen LogP contribution in [0.25, 0.3) is 0 Å². The van der Waals surface area contributed by atoms with Crippen LogP contribution < -0.4 is 11.3 Å². The Kier molecular flexibility index (Phi) is 4.06. The van der Waals surface area contributed by atoms with Gasteiger partial charge in [0.05, 0.1) is 11.7 Å². The Hall–Kier alpha value is -2.01. The first-order valence-electron chi connectivity index (χ1n) is 6.21. The number of halogens is 1. The standard InChI is InChI=1S/C14H16FN3O/c1-2-9-18-13(19)8-7-12(17-18)14(16)10-3-5-11(15)6-4-10/h3-8,14H,2,9,16H2,1H3. The lowest BCUT2D eigenvalue weighted by Gasteiger charge is -2.13. The molecule has 2 rings (SSSR count). The van der Waals surface area contributed by atoms with Crippen LogP contribution in [0, 0.1) is 5.82 Å². The van der Waals surface area contributed by atoms with Gasteiger partial charge in [0, 0.05) is 12.6 Å². The van der Waals surface area contributed by atoms with Crippen molar-refractivity contribution in [3.05, 3.63) is 63.8 Å². The monoisotopic (exact) mass is 261 g/mol. The average Bonchev–Trinajstić information content (AvgIpc) is 2.41. The average molecular weight is 261 g/mol. The second kappa shape index (κ2) is 5.75. The fraction of sp³-hybridized carbons (Fsp3) is 0.286. The Morgan fingerprint density at radius 2 is 1.95 bits per heavy atom. The molecule has 1 aromatic carbocycles. The molecule has 1 atom stereocenters. The van der Waals surface area contributed by atoms with Gasteiger partial charge in [-0.1, -0.05) is 19.1 Å².